The van der Waals surface area contributed by atoms with E-state index in [0.717, 1.165) is 14.0 Å². The molecule has 0 aromatic heterocycles. The molecule has 0 heterocycles. The van der Waals surface area contributed by atoms with Gasteiger partial charge in [-0.3, -0.25) is 9.10 Å². The van der Waals surface area contributed by atoms with E-state index in [0.29, 0.717) is 0 Å². The minimum atomic E-state index is -4.57. The van der Waals surface area contributed by atoms with Crippen molar-refractivity contribution in [1.82, 2.24) is 4.31 Å². The number of amides is 1. The Morgan fingerprint density at radius 2 is 1.80 bits per heavy atom. The normalized spacial score (nSPS) is 9.90. The number of hydrogen-bond acceptors (Lipinski definition) is 4. The van der Waals surface area contributed by atoms with Crippen molar-refractivity contribution in [2.24, 2.45) is 0 Å². The smallest absolute Gasteiger partial charge is 0.731 e. The van der Waals surface area contributed by atoms with E-state index in [9.17, 15) is 17.8 Å². The molecule has 0 aliphatic carbocycles. The third kappa shape index (κ3) is 4.24. The second-order valence-electron chi connectivity index (χ2n) is 1.44. The van der Waals surface area contributed by atoms with Gasteiger partial charge in [0, 0.05) is 14.0 Å². The minimum Gasteiger partial charge on any atom is -0.731 e. The first-order valence-corrected chi connectivity index (χ1v) is 3.42. The zero-order valence-electron chi connectivity index (χ0n) is 5.99. The number of rotatable bonds is 1. The first kappa shape index (κ1) is 13.0. The summed E-state index contributed by atoms with van der Waals surface area (Å²) in [5.74, 6) is -0.787. The average molecular weight is 175 g/mol. The van der Waals surface area contributed by atoms with Crippen molar-refractivity contribution in [1.29, 1.82) is 0 Å². The van der Waals surface area contributed by atoms with Gasteiger partial charge in [-0.2, -0.15) is 0 Å². The molecule has 0 aromatic carbocycles. The van der Waals surface area contributed by atoms with E-state index in [1.165, 1.54) is 0 Å². The molecule has 0 saturated heterocycles. The summed E-state index contributed by atoms with van der Waals surface area (Å²) >= 11 is 0. The van der Waals surface area contributed by atoms with E-state index >= 15 is 0 Å². The van der Waals surface area contributed by atoms with Crippen LogP contribution in [0.25, 0.3) is 0 Å². The molecule has 0 saturated carbocycles. The van der Waals surface area contributed by atoms with E-state index < -0.39 is 16.2 Å². The van der Waals surface area contributed by atoms with Crippen molar-refractivity contribution in [3.05, 3.63) is 0 Å². The summed E-state index contributed by atoms with van der Waals surface area (Å²) in [7, 11) is -3.66. The molecule has 0 spiro atoms. The van der Waals surface area contributed by atoms with Gasteiger partial charge >= 0.3 is 29.6 Å². The van der Waals surface area contributed by atoms with Gasteiger partial charge in [-0.05, 0) is 0 Å². The number of hydrogen-bond donors (Lipinski definition) is 0. The Balaban J connectivity index is 0. The molecule has 1 amide bonds. The maximum Gasteiger partial charge on any atom is 1.00 e. The summed E-state index contributed by atoms with van der Waals surface area (Å²) < 4.78 is 29.9. The third-order valence-corrected chi connectivity index (χ3v) is 1.71. The molecule has 0 unspecified atom stereocenters. The molecule has 5 nitrogen and oxygen atoms in total. The van der Waals surface area contributed by atoms with Gasteiger partial charge in [-0.25, -0.2) is 8.42 Å². The fourth-order valence-electron chi connectivity index (χ4n) is 0.157. The number of carbonyl (C=O) groups excluding carboxylic acids is 1. The molecule has 0 aliphatic rings. The van der Waals surface area contributed by atoms with Crippen LogP contribution in [0.5, 0.6) is 0 Å². The van der Waals surface area contributed by atoms with Gasteiger partial charge in [0.2, 0.25) is 5.91 Å². The van der Waals surface area contributed by atoms with Crippen molar-refractivity contribution in [3.8, 4) is 0 Å². The van der Waals surface area contributed by atoms with Crippen molar-refractivity contribution in [2.75, 3.05) is 7.05 Å². The van der Waals surface area contributed by atoms with Crippen LogP contribution in [0.4, 0.5) is 0 Å². The Morgan fingerprint density at radius 1 is 1.50 bits per heavy atom. The quantitative estimate of drug-likeness (QED) is 0.300. The van der Waals surface area contributed by atoms with E-state index in [2.05, 4.69) is 0 Å². The van der Waals surface area contributed by atoms with Gasteiger partial charge < -0.3 is 4.55 Å². The standard InChI is InChI=1S/C3H7NO4S.Na/c1-3(5)4(2)9(6,7)8;/h1-2H3,(H,6,7,8);/q;+1/p-1. The summed E-state index contributed by atoms with van der Waals surface area (Å²) in [6.45, 7) is 0.995. The van der Waals surface area contributed by atoms with Crippen molar-refractivity contribution in [3.63, 3.8) is 0 Å². The monoisotopic (exact) mass is 175 g/mol. The van der Waals surface area contributed by atoms with Crippen LogP contribution in [0, 0.1) is 0 Å². The van der Waals surface area contributed by atoms with Crippen LogP contribution < -0.4 is 29.6 Å². The Morgan fingerprint density at radius 3 is 1.80 bits per heavy atom. The van der Waals surface area contributed by atoms with Gasteiger partial charge in [0.1, 0.15) is 0 Å². The van der Waals surface area contributed by atoms with E-state index in [-0.39, 0.29) is 33.9 Å². The van der Waals surface area contributed by atoms with Gasteiger partial charge in [-0.15, -0.1) is 0 Å². The van der Waals surface area contributed by atoms with E-state index in [1.54, 1.807) is 0 Å². The second-order valence-corrected chi connectivity index (χ2v) is 2.85. The molecule has 0 fully saturated rings. The Bertz CT molecular complexity index is 211. The summed E-state index contributed by atoms with van der Waals surface area (Å²) in [5.41, 5.74) is 0. The van der Waals surface area contributed by atoms with Crippen molar-refractivity contribution in [2.45, 2.75) is 6.92 Å². The van der Waals surface area contributed by atoms with E-state index in [4.69, 9.17) is 0 Å². The van der Waals surface area contributed by atoms with Crippen LogP contribution in [0.15, 0.2) is 0 Å². The van der Waals surface area contributed by atoms with Crippen molar-refractivity contribution < 1.29 is 47.3 Å². The summed E-state index contributed by atoms with van der Waals surface area (Å²) in [5, 5.41) is 0. The largest absolute Gasteiger partial charge is 1.00 e. The van der Waals surface area contributed by atoms with Crippen LogP contribution in [0.1, 0.15) is 6.92 Å². The molecule has 0 aliphatic heterocycles. The molecule has 0 N–H and O–H groups in total. The van der Waals surface area contributed by atoms with Gasteiger partial charge in [0.25, 0.3) is 0 Å². The van der Waals surface area contributed by atoms with E-state index in [1.807, 2.05) is 0 Å². The fraction of sp³-hybridized carbons (Fsp3) is 0.667. The fourth-order valence-corrected chi connectivity index (χ4v) is 0.472. The molecule has 0 rings (SSSR count). The number of nitrogens with zero attached hydrogens (tertiary/aromatic N) is 1. The van der Waals surface area contributed by atoms with Gasteiger partial charge in [0.05, 0.1) is 0 Å². The predicted octanol–water partition coefficient (Wildman–Crippen LogP) is -4.07. The molecule has 0 bridgehead atoms. The average Bonchev–Trinajstić information content (AvgIpc) is 1.62. The summed E-state index contributed by atoms with van der Waals surface area (Å²) in [4.78, 5) is 10.1. The van der Waals surface area contributed by atoms with Crippen molar-refractivity contribution >= 4 is 16.2 Å². The zero-order valence-corrected chi connectivity index (χ0v) is 8.80. The third-order valence-electron chi connectivity index (χ3n) is 0.779. The SMILES string of the molecule is CC(=O)N(C)S(=O)(=O)[O-].[Na+]. The molecule has 54 valence electrons. The van der Waals surface area contributed by atoms with Crippen LogP contribution in [-0.4, -0.2) is 30.2 Å². The topological polar surface area (TPSA) is 77.5 Å². The molecular weight excluding hydrogens is 169 g/mol. The maximum atomic E-state index is 10.1. The first-order valence-electron chi connectivity index (χ1n) is 2.06. The van der Waals surface area contributed by atoms with Crippen LogP contribution in [-0.2, 0) is 15.1 Å². The Labute approximate surface area is 81.6 Å². The van der Waals surface area contributed by atoms with Crippen LogP contribution in [0.3, 0.4) is 0 Å². The van der Waals surface area contributed by atoms with Gasteiger partial charge in [0.15, 0.2) is 10.3 Å². The Hall–Kier alpha value is 0.380. The maximum absolute atomic E-state index is 10.1. The molecule has 0 atom stereocenters. The summed E-state index contributed by atoms with van der Waals surface area (Å²) in [6.07, 6.45) is 0. The Kier molecular flexibility index (Phi) is 5.59. The van der Waals surface area contributed by atoms with Crippen LogP contribution >= 0.6 is 0 Å². The first-order chi connectivity index (χ1) is 3.85. The minimum absolute atomic E-state index is 0. The molecule has 7 heteroatoms. The number of carbonyl (C=O) groups is 1. The predicted molar refractivity (Wildman–Crippen MR) is 28.1 cm³/mol. The van der Waals surface area contributed by atoms with Gasteiger partial charge in [-0.1, -0.05) is 0 Å². The molecule has 0 radical (unpaired) electrons. The van der Waals surface area contributed by atoms with Crippen LogP contribution in [0.2, 0.25) is 0 Å². The summed E-state index contributed by atoms with van der Waals surface area (Å²) in [6, 6.07) is 0. The zero-order chi connectivity index (χ0) is 7.65. The second kappa shape index (κ2) is 4.30. The molecule has 10 heavy (non-hydrogen) atoms. The molecular formula is C3H6NNaO4S. The molecule has 0 aromatic rings.